The largest absolute Gasteiger partial charge is 0.474 e. The molecular formula is C21H32IN5O2. The minimum absolute atomic E-state index is 0. The van der Waals surface area contributed by atoms with E-state index >= 15 is 0 Å². The molecule has 7 nitrogen and oxygen atoms in total. The fourth-order valence-corrected chi connectivity index (χ4v) is 3.11. The summed E-state index contributed by atoms with van der Waals surface area (Å²) in [6.45, 7) is 7.41. The van der Waals surface area contributed by atoms with E-state index in [2.05, 4.69) is 46.4 Å². The Morgan fingerprint density at radius 3 is 2.59 bits per heavy atom. The SMILES string of the molecule is CN=C(NCc1ccnc(OC2CCCC2)c1)NCc1ncc(C(C)(C)C)o1.I. The van der Waals surface area contributed by atoms with Crippen molar-refractivity contribution in [2.75, 3.05) is 7.05 Å². The van der Waals surface area contributed by atoms with Gasteiger partial charge in [0, 0.05) is 31.3 Å². The van der Waals surface area contributed by atoms with E-state index in [4.69, 9.17) is 9.15 Å². The molecule has 2 N–H and O–H groups in total. The predicted octanol–water partition coefficient (Wildman–Crippen LogP) is 4.17. The summed E-state index contributed by atoms with van der Waals surface area (Å²) < 4.78 is 11.8. The second-order valence-corrected chi connectivity index (χ2v) is 8.17. The molecule has 1 fully saturated rings. The number of aromatic nitrogens is 2. The van der Waals surface area contributed by atoms with Gasteiger partial charge < -0.3 is 19.8 Å². The second kappa shape index (κ2) is 10.8. The summed E-state index contributed by atoms with van der Waals surface area (Å²) in [4.78, 5) is 12.9. The Labute approximate surface area is 190 Å². The predicted molar refractivity (Wildman–Crippen MR) is 125 cm³/mol. The molecule has 2 aromatic heterocycles. The Hall–Kier alpha value is -1.84. The summed E-state index contributed by atoms with van der Waals surface area (Å²) in [6.07, 6.45) is 8.63. The van der Waals surface area contributed by atoms with Crippen LogP contribution in [0.15, 0.2) is 33.9 Å². The fraction of sp³-hybridized carbons (Fsp3) is 0.571. The molecule has 0 spiro atoms. The van der Waals surface area contributed by atoms with Crippen molar-refractivity contribution in [3.8, 4) is 5.88 Å². The molecule has 0 saturated heterocycles. The maximum Gasteiger partial charge on any atom is 0.213 e. The molecule has 2 aromatic rings. The topological polar surface area (TPSA) is 84.6 Å². The molecular weight excluding hydrogens is 481 g/mol. The van der Waals surface area contributed by atoms with Gasteiger partial charge in [0.2, 0.25) is 11.8 Å². The van der Waals surface area contributed by atoms with Crippen molar-refractivity contribution in [1.82, 2.24) is 20.6 Å². The van der Waals surface area contributed by atoms with Crippen molar-refractivity contribution in [3.63, 3.8) is 0 Å². The Kier molecular flexibility index (Phi) is 8.73. The van der Waals surface area contributed by atoms with Crippen molar-refractivity contribution in [1.29, 1.82) is 0 Å². The molecule has 29 heavy (non-hydrogen) atoms. The van der Waals surface area contributed by atoms with E-state index in [-0.39, 0.29) is 29.4 Å². The number of nitrogens with zero attached hydrogens (tertiary/aromatic N) is 3. The molecule has 0 aromatic carbocycles. The highest BCUT2D eigenvalue weighted by Gasteiger charge is 2.19. The van der Waals surface area contributed by atoms with Crippen LogP contribution in [0, 0.1) is 0 Å². The van der Waals surface area contributed by atoms with Gasteiger partial charge in [-0.05, 0) is 37.3 Å². The van der Waals surface area contributed by atoms with Crippen LogP contribution in [0.4, 0.5) is 0 Å². The quantitative estimate of drug-likeness (QED) is 0.343. The van der Waals surface area contributed by atoms with Gasteiger partial charge in [-0.25, -0.2) is 9.97 Å². The number of hydrogen-bond acceptors (Lipinski definition) is 5. The lowest BCUT2D eigenvalue weighted by atomic mass is 9.94. The van der Waals surface area contributed by atoms with Gasteiger partial charge in [0.05, 0.1) is 12.7 Å². The number of halogens is 1. The summed E-state index contributed by atoms with van der Waals surface area (Å²) in [5.41, 5.74) is 1.04. The van der Waals surface area contributed by atoms with Gasteiger partial charge in [0.1, 0.15) is 11.9 Å². The lowest BCUT2D eigenvalue weighted by Crippen LogP contribution is -2.36. The number of rotatable bonds is 6. The van der Waals surface area contributed by atoms with Gasteiger partial charge in [0.15, 0.2) is 5.96 Å². The summed E-state index contributed by atoms with van der Waals surface area (Å²) in [7, 11) is 1.74. The molecule has 1 aliphatic rings. The zero-order valence-corrected chi connectivity index (χ0v) is 20.0. The lowest BCUT2D eigenvalue weighted by Gasteiger charge is -2.14. The molecule has 0 aliphatic heterocycles. The molecule has 160 valence electrons. The van der Waals surface area contributed by atoms with E-state index in [0.29, 0.717) is 36.9 Å². The summed E-state index contributed by atoms with van der Waals surface area (Å²) >= 11 is 0. The molecule has 0 atom stereocenters. The third-order valence-electron chi connectivity index (χ3n) is 4.77. The van der Waals surface area contributed by atoms with Crippen LogP contribution in [0.25, 0.3) is 0 Å². The average Bonchev–Trinajstić information content (AvgIpc) is 3.34. The molecule has 3 rings (SSSR count). The van der Waals surface area contributed by atoms with Gasteiger partial charge in [-0.1, -0.05) is 20.8 Å². The first-order chi connectivity index (χ1) is 13.4. The van der Waals surface area contributed by atoms with E-state index in [1.807, 2.05) is 12.1 Å². The number of pyridine rings is 1. The number of nitrogens with one attached hydrogen (secondary N) is 2. The van der Waals surface area contributed by atoms with Crippen molar-refractivity contribution < 1.29 is 9.15 Å². The highest BCUT2D eigenvalue weighted by atomic mass is 127. The first-order valence-electron chi connectivity index (χ1n) is 9.95. The van der Waals surface area contributed by atoms with Gasteiger partial charge in [-0.2, -0.15) is 0 Å². The molecule has 0 amide bonds. The number of guanidine groups is 1. The highest BCUT2D eigenvalue weighted by molar-refractivity contribution is 14.0. The molecule has 1 aliphatic carbocycles. The van der Waals surface area contributed by atoms with E-state index in [1.165, 1.54) is 12.8 Å². The van der Waals surface area contributed by atoms with E-state index in [0.717, 1.165) is 24.2 Å². The van der Waals surface area contributed by atoms with Crippen LogP contribution < -0.4 is 15.4 Å². The minimum atomic E-state index is -0.0508. The van der Waals surface area contributed by atoms with Crippen molar-refractivity contribution >= 4 is 29.9 Å². The highest BCUT2D eigenvalue weighted by Crippen LogP contribution is 2.23. The van der Waals surface area contributed by atoms with Crippen LogP contribution in [0.2, 0.25) is 0 Å². The maximum absolute atomic E-state index is 5.98. The second-order valence-electron chi connectivity index (χ2n) is 8.17. The lowest BCUT2D eigenvalue weighted by molar-refractivity contribution is 0.201. The van der Waals surface area contributed by atoms with E-state index < -0.39 is 0 Å². The molecule has 0 radical (unpaired) electrons. The molecule has 8 heteroatoms. The van der Waals surface area contributed by atoms with Gasteiger partial charge >= 0.3 is 0 Å². The summed E-state index contributed by atoms with van der Waals surface area (Å²) in [6, 6.07) is 3.97. The van der Waals surface area contributed by atoms with Crippen LogP contribution in [0.5, 0.6) is 5.88 Å². The van der Waals surface area contributed by atoms with Gasteiger partial charge in [0.25, 0.3) is 0 Å². The smallest absolute Gasteiger partial charge is 0.213 e. The number of hydrogen-bond donors (Lipinski definition) is 2. The van der Waals surface area contributed by atoms with Crippen LogP contribution in [0.3, 0.4) is 0 Å². The molecule has 2 heterocycles. The monoisotopic (exact) mass is 513 g/mol. The van der Waals surface area contributed by atoms with Crippen molar-refractivity contribution in [2.45, 2.75) is 71.1 Å². The Morgan fingerprint density at radius 2 is 1.93 bits per heavy atom. The zero-order valence-electron chi connectivity index (χ0n) is 17.7. The van der Waals surface area contributed by atoms with Crippen LogP contribution >= 0.6 is 24.0 Å². The first-order valence-corrected chi connectivity index (χ1v) is 9.95. The van der Waals surface area contributed by atoms with Crippen LogP contribution in [-0.4, -0.2) is 29.1 Å². The Bertz CT molecular complexity index is 794. The molecule has 0 unspecified atom stereocenters. The summed E-state index contributed by atoms with van der Waals surface area (Å²) in [5.74, 6) is 2.90. The first kappa shape index (κ1) is 23.4. The standard InChI is InChI=1S/C21H31N5O2.HI/c1-21(2,3)17-13-24-19(28-17)14-26-20(22-4)25-12-15-9-10-23-18(11-15)27-16-7-5-6-8-16;/h9-11,13,16H,5-8,12,14H2,1-4H3,(H2,22,25,26);1H. The minimum Gasteiger partial charge on any atom is -0.474 e. The summed E-state index contributed by atoms with van der Waals surface area (Å²) in [5, 5.41) is 6.53. The zero-order chi connectivity index (χ0) is 20.0. The van der Waals surface area contributed by atoms with Crippen LogP contribution in [0.1, 0.15) is 63.7 Å². The third kappa shape index (κ3) is 7.17. The van der Waals surface area contributed by atoms with Gasteiger partial charge in [-0.15, -0.1) is 24.0 Å². The average molecular weight is 513 g/mol. The molecule has 1 saturated carbocycles. The van der Waals surface area contributed by atoms with E-state index in [9.17, 15) is 0 Å². The Morgan fingerprint density at radius 1 is 1.21 bits per heavy atom. The van der Waals surface area contributed by atoms with Gasteiger partial charge in [-0.3, -0.25) is 4.99 Å². The van der Waals surface area contributed by atoms with Crippen molar-refractivity contribution in [2.24, 2.45) is 4.99 Å². The third-order valence-corrected chi connectivity index (χ3v) is 4.77. The van der Waals surface area contributed by atoms with Crippen molar-refractivity contribution in [3.05, 3.63) is 41.7 Å². The fourth-order valence-electron chi connectivity index (χ4n) is 3.11. The Balaban J connectivity index is 0.00000300. The number of aliphatic imine (C=N–C) groups is 1. The van der Waals surface area contributed by atoms with E-state index in [1.54, 1.807) is 19.4 Å². The number of ether oxygens (including phenoxy) is 1. The molecule has 0 bridgehead atoms. The maximum atomic E-state index is 5.98. The normalized spacial score (nSPS) is 15.1. The van der Waals surface area contributed by atoms with Crippen LogP contribution in [-0.2, 0) is 18.5 Å². The number of oxazole rings is 1.